The number of aliphatic carboxylic acids is 1. The van der Waals surface area contributed by atoms with Crippen LogP contribution in [0, 0.1) is 0 Å². The van der Waals surface area contributed by atoms with Crippen molar-refractivity contribution in [1.82, 2.24) is 0 Å². The van der Waals surface area contributed by atoms with E-state index in [1.807, 2.05) is 0 Å². The number of hydrogen-bond donors (Lipinski definition) is 2. The fourth-order valence-corrected chi connectivity index (χ4v) is 2.67. The maximum Gasteiger partial charge on any atom is 0.313 e. The Balaban J connectivity index is 2.50. The number of ketones is 2. The van der Waals surface area contributed by atoms with Crippen LogP contribution in [0.15, 0.2) is 28.7 Å². The van der Waals surface area contributed by atoms with Crippen molar-refractivity contribution in [1.29, 1.82) is 0 Å². The lowest BCUT2D eigenvalue weighted by atomic mass is 9.89. The van der Waals surface area contributed by atoms with Gasteiger partial charge in [0, 0.05) is 11.1 Å². The second-order valence-corrected chi connectivity index (χ2v) is 4.98. The van der Waals surface area contributed by atoms with E-state index in [0.717, 1.165) is 11.8 Å². The first kappa shape index (κ1) is 13.4. The molecule has 2 N–H and O–H groups in total. The lowest BCUT2D eigenvalue weighted by Crippen LogP contribution is -2.20. The molecule has 98 valence electrons. The number of carboxylic acid groups (broad SMARTS) is 1. The Morgan fingerprint density at radius 1 is 1.26 bits per heavy atom. The number of rotatable bonds is 3. The molecule has 1 aliphatic rings. The molecule has 0 unspecified atom stereocenters. The lowest BCUT2D eigenvalue weighted by Gasteiger charge is -2.18. The molecule has 0 heterocycles. The molecule has 0 radical (unpaired) electrons. The van der Waals surface area contributed by atoms with Crippen LogP contribution < -0.4 is 0 Å². The topological polar surface area (TPSA) is 91.7 Å². The Kier molecular flexibility index (Phi) is 3.44. The molecule has 0 atom stereocenters. The maximum atomic E-state index is 12.2. The van der Waals surface area contributed by atoms with Gasteiger partial charge in [-0.1, -0.05) is 12.1 Å². The fraction of sp³-hybridized carbons (Fsp3) is 0.154. The van der Waals surface area contributed by atoms with Crippen LogP contribution in [0.4, 0.5) is 0 Å². The highest BCUT2D eigenvalue weighted by Crippen LogP contribution is 2.36. The molecule has 1 aromatic carbocycles. The highest BCUT2D eigenvalue weighted by Gasteiger charge is 2.32. The average molecular weight is 278 g/mol. The minimum Gasteiger partial charge on any atom is -0.507 e. The zero-order chi connectivity index (χ0) is 14.2. The third kappa shape index (κ3) is 2.26. The van der Waals surface area contributed by atoms with Crippen LogP contribution in [-0.2, 0) is 4.79 Å². The molecule has 1 aromatic rings. The number of aromatic hydroxyl groups is 1. The number of carbonyl (C=O) groups excluding carboxylic acids is 2. The number of phenolic OH excluding ortho intramolecular Hbond substituents is 1. The van der Waals surface area contributed by atoms with Gasteiger partial charge in [-0.2, -0.15) is 0 Å². The standard InChI is InChI=1S/C13H10O5S/c1-6-11(17)7-3-2-4-8(14)10(7)12(18)13(6)19-5-9(15)16/h2-4,14H,5H2,1H3,(H,15,16). The number of thioether (sulfide) groups is 1. The van der Waals surface area contributed by atoms with Crippen molar-refractivity contribution < 1.29 is 24.6 Å². The summed E-state index contributed by atoms with van der Waals surface area (Å²) in [6.07, 6.45) is 0. The molecule has 0 fully saturated rings. The SMILES string of the molecule is CC1=C(SCC(=O)O)C(=O)c2c(O)cccc2C1=O. The van der Waals surface area contributed by atoms with Gasteiger partial charge in [0.05, 0.1) is 16.2 Å². The van der Waals surface area contributed by atoms with Crippen LogP contribution in [0.2, 0.25) is 0 Å². The van der Waals surface area contributed by atoms with Crippen LogP contribution in [-0.4, -0.2) is 33.5 Å². The Morgan fingerprint density at radius 2 is 1.95 bits per heavy atom. The number of phenols is 1. The van der Waals surface area contributed by atoms with E-state index in [1.165, 1.54) is 25.1 Å². The molecule has 6 heteroatoms. The van der Waals surface area contributed by atoms with Gasteiger partial charge in [-0.3, -0.25) is 14.4 Å². The number of carbonyl (C=O) groups is 3. The summed E-state index contributed by atoms with van der Waals surface area (Å²) >= 11 is 0.796. The molecule has 5 nitrogen and oxygen atoms in total. The Morgan fingerprint density at radius 3 is 2.58 bits per heavy atom. The van der Waals surface area contributed by atoms with Gasteiger partial charge in [0.25, 0.3) is 0 Å². The summed E-state index contributed by atoms with van der Waals surface area (Å²) < 4.78 is 0. The van der Waals surface area contributed by atoms with Crippen LogP contribution >= 0.6 is 11.8 Å². The second-order valence-electron chi connectivity index (χ2n) is 3.99. The number of hydrogen-bond acceptors (Lipinski definition) is 5. The van der Waals surface area contributed by atoms with E-state index < -0.39 is 11.8 Å². The van der Waals surface area contributed by atoms with Gasteiger partial charge >= 0.3 is 5.97 Å². The van der Waals surface area contributed by atoms with Crippen molar-refractivity contribution in [3.8, 4) is 5.75 Å². The zero-order valence-corrected chi connectivity index (χ0v) is 10.8. The first-order chi connectivity index (χ1) is 8.93. The minimum atomic E-state index is -1.08. The maximum absolute atomic E-state index is 12.2. The van der Waals surface area contributed by atoms with E-state index in [1.54, 1.807) is 0 Å². The quantitative estimate of drug-likeness (QED) is 0.876. The van der Waals surface area contributed by atoms with Crippen LogP contribution in [0.1, 0.15) is 27.6 Å². The zero-order valence-electron chi connectivity index (χ0n) is 9.97. The van der Waals surface area contributed by atoms with Crippen LogP contribution in [0.5, 0.6) is 5.75 Å². The third-order valence-electron chi connectivity index (χ3n) is 2.74. The smallest absolute Gasteiger partial charge is 0.313 e. The van der Waals surface area contributed by atoms with Gasteiger partial charge in [0.1, 0.15) is 5.75 Å². The van der Waals surface area contributed by atoms with Crippen molar-refractivity contribution in [2.24, 2.45) is 0 Å². The van der Waals surface area contributed by atoms with Crippen molar-refractivity contribution in [2.75, 3.05) is 5.75 Å². The monoisotopic (exact) mass is 278 g/mol. The summed E-state index contributed by atoms with van der Waals surface area (Å²) in [5, 5.41) is 18.3. The number of benzene rings is 1. The van der Waals surface area contributed by atoms with Crippen molar-refractivity contribution in [3.63, 3.8) is 0 Å². The number of fused-ring (bicyclic) bond motifs is 1. The van der Waals surface area contributed by atoms with E-state index in [-0.39, 0.29) is 38.9 Å². The molecule has 1 aliphatic carbocycles. The average Bonchev–Trinajstić information content (AvgIpc) is 2.35. The van der Waals surface area contributed by atoms with E-state index in [4.69, 9.17) is 5.11 Å². The highest BCUT2D eigenvalue weighted by atomic mass is 32.2. The molecule has 0 bridgehead atoms. The first-order valence-electron chi connectivity index (χ1n) is 5.40. The summed E-state index contributed by atoms with van der Waals surface area (Å²) in [5.74, 6) is -2.52. The number of Topliss-reactive ketones (excluding diaryl/α,β-unsaturated/α-hetero) is 2. The van der Waals surface area contributed by atoms with Gasteiger partial charge < -0.3 is 10.2 Å². The van der Waals surface area contributed by atoms with Gasteiger partial charge in [-0.05, 0) is 13.0 Å². The molecule has 0 saturated heterocycles. The predicted molar refractivity (Wildman–Crippen MR) is 69.6 cm³/mol. The first-order valence-corrected chi connectivity index (χ1v) is 6.39. The third-order valence-corrected chi connectivity index (χ3v) is 3.91. The minimum absolute atomic E-state index is 0.0500. The molecule has 0 saturated carbocycles. The van der Waals surface area contributed by atoms with E-state index in [2.05, 4.69) is 0 Å². The summed E-state index contributed by atoms with van der Waals surface area (Å²) in [6.45, 7) is 1.48. The van der Waals surface area contributed by atoms with E-state index >= 15 is 0 Å². The van der Waals surface area contributed by atoms with Gasteiger partial charge in [-0.15, -0.1) is 11.8 Å². The van der Waals surface area contributed by atoms with Crippen molar-refractivity contribution in [3.05, 3.63) is 39.8 Å². The van der Waals surface area contributed by atoms with Gasteiger partial charge in [0.2, 0.25) is 5.78 Å². The Labute approximate surface area is 112 Å². The van der Waals surface area contributed by atoms with E-state index in [0.29, 0.717) is 0 Å². The lowest BCUT2D eigenvalue weighted by molar-refractivity contribution is -0.133. The van der Waals surface area contributed by atoms with Crippen molar-refractivity contribution in [2.45, 2.75) is 6.92 Å². The molecule has 0 amide bonds. The molecule has 2 rings (SSSR count). The van der Waals surface area contributed by atoms with Crippen molar-refractivity contribution >= 4 is 29.3 Å². The highest BCUT2D eigenvalue weighted by molar-refractivity contribution is 8.04. The molecule has 0 aliphatic heterocycles. The Bertz CT molecular complexity index is 630. The Hall–Kier alpha value is -2.08. The molecule has 0 spiro atoms. The summed E-state index contributed by atoms with van der Waals surface area (Å²) in [7, 11) is 0. The van der Waals surface area contributed by atoms with Crippen LogP contribution in [0.3, 0.4) is 0 Å². The van der Waals surface area contributed by atoms with Gasteiger partial charge in [0.15, 0.2) is 5.78 Å². The second kappa shape index (κ2) is 4.89. The largest absolute Gasteiger partial charge is 0.507 e. The number of carboxylic acids is 1. The summed E-state index contributed by atoms with van der Waals surface area (Å²) in [5.41, 5.74) is 0.322. The van der Waals surface area contributed by atoms with E-state index in [9.17, 15) is 19.5 Å². The molecular formula is C13H10O5S. The molecule has 19 heavy (non-hydrogen) atoms. The summed E-state index contributed by atoms with van der Waals surface area (Å²) in [4.78, 5) is 35.0. The van der Waals surface area contributed by atoms with Gasteiger partial charge in [-0.25, -0.2) is 0 Å². The molecular weight excluding hydrogens is 268 g/mol. The predicted octanol–water partition coefficient (Wildman–Crippen LogP) is 1.86. The number of allylic oxidation sites excluding steroid dienone is 2. The summed E-state index contributed by atoms with van der Waals surface area (Å²) in [6, 6.07) is 4.28. The normalized spacial score (nSPS) is 14.6. The fourth-order valence-electron chi connectivity index (χ4n) is 1.86. The molecule has 0 aromatic heterocycles. The van der Waals surface area contributed by atoms with Crippen LogP contribution in [0.25, 0.3) is 0 Å².